The van der Waals surface area contributed by atoms with Crippen LogP contribution in [0.1, 0.15) is 28.8 Å². The van der Waals surface area contributed by atoms with Crippen LogP contribution in [0.5, 0.6) is 0 Å². The second kappa shape index (κ2) is 6.38. The summed E-state index contributed by atoms with van der Waals surface area (Å²) in [5, 5.41) is 10.0. The maximum Gasteiger partial charge on any atom is 0.254 e. The zero-order valence-corrected chi connectivity index (χ0v) is 12.9. The monoisotopic (exact) mass is 312 g/mol. The molecule has 5 nitrogen and oxygen atoms in total. The molecule has 1 saturated heterocycles. The SMILES string of the molecule is O=C(c1cc[nH]c(=O)c1)N1CCCC(CO)(c2ccccc2)C1. The predicted molar refractivity (Wildman–Crippen MR) is 87.4 cm³/mol. The van der Waals surface area contributed by atoms with Crippen LogP contribution in [0.3, 0.4) is 0 Å². The Balaban J connectivity index is 1.88. The highest BCUT2D eigenvalue weighted by atomic mass is 16.3. The number of aromatic amines is 1. The highest BCUT2D eigenvalue weighted by Crippen LogP contribution is 2.34. The molecule has 0 radical (unpaired) electrons. The lowest BCUT2D eigenvalue weighted by Gasteiger charge is -2.42. The summed E-state index contributed by atoms with van der Waals surface area (Å²) in [4.78, 5) is 28.3. The summed E-state index contributed by atoms with van der Waals surface area (Å²) in [6.45, 7) is 1.09. The molecule has 3 rings (SSSR count). The number of nitrogens with zero attached hydrogens (tertiary/aromatic N) is 1. The third-order valence-corrected chi connectivity index (χ3v) is 4.57. The van der Waals surface area contributed by atoms with Crippen molar-refractivity contribution in [1.29, 1.82) is 0 Å². The molecular weight excluding hydrogens is 292 g/mol. The van der Waals surface area contributed by atoms with E-state index in [9.17, 15) is 14.7 Å². The van der Waals surface area contributed by atoms with Crippen LogP contribution in [0.4, 0.5) is 0 Å². The predicted octanol–water partition coefficient (Wildman–Crippen LogP) is 1.54. The Morgan fingerprint density at radius 2 is 2.04 bits per heavy atom. The first-order valence-electron chi connectivity index (χ1n) is 7.79. The van der Waals surface area contributed by atoms with Crippen molar-refractivity contribution in [2.75, 3.05) is 19.7 Å². The van der Waals surface area contributed by atoms with Crippen molar-refractivity contribution < 1.29 is 9.90 Å². The van der Waals surface area contributed by atoms with Gasteiger partial charge in [-0.2, -0.15) is 0 Å². The van der Waals surface area contributed by atoms with Gasteiger partial charge in [0, 0.05) is 36.3 Å². The molecule has 1 unspecified atom stereocenters. The smallest absolute Gasteiger partial charge is 0.254 e. The fourth-order valence-corrected chi connectivity index (χ4v) is 3.31. The Hall–Kier alpha value is -2.40. The summed E-state index contributed by atoms with van der Waals surface area (Å²) >= 11 is 0. The minimum Gasteiger partial charge on any atom is -0.395 e. The molecule has 2 aromatic rings. The van der Waals surface area contributed by atoms with E-state index in [0.29, 0.717) is 18.7 Å². The number of likely N-dealkylation sites (tertiary alicyclic amines) is 1. The van der Waals surface area contributed by atoms with Gasteiger partial charge in [-0.1, -0.05) is 30.3 Å². The number of H-pyrrole nitrogens is 1. The van der Waals surface area contributed by atoms with Crippen molar-refractivity contribution in [2.45, 2.75) is 18.3 Å². The van der Waals surface area contributed by atoms with Gasteiger partial charge in [-0.25, -0.2) is 0 Å². The highest BCUT2D eigenvalue weighted by Gasteiger charge is 2.38. The van der Waals surface area contributed by atoms with Gasteiger partial charge in [0.15, 0.2) is 0 Å². The summed E-state index contributed by atoms with van der Waals surface area (Å²) in [6.07, 6.45) is 3.15. The minimum atomic E-state index is -0.434. The molecule has 23 heavy (non-hydrogen) atoms. The Morgan fingerprint density at radius 3 is 2.74 bits per heavy atom. The van der Waals surface area contributed by atoms with Crippen LogP contribution in [0.25, 0.3) is 0 Å². The van der Waals surface area contributed by atoms with Gasteiger partial charge in [0.05, 0.1) is 6.61 Å². The minimum absolute atomic E-state index is 0.00380. The van der Waals surface area contributed by atoms with Crippen molar-refractivity contribution in [2.24, 2.45) is 0 Å². The molecule has 1 fully saturated rings. The molecule has 5 heteroatoms. The van der Waals surface area contributed by atoms with Crippen molar-refractivity contribution in [3.8, 4) is 0 Å². The number of pyridine rings is 1. The summed E-state index contributed by atoms with van der Waals surface area (Å²) in [7, 11) is 0. The summed E-state index contributed by atoms with van der Waals surface area (Å²) in [6, 6.07) is 12.8. The normalized spacial score (nSPS) is 21.2. The number of rotatable bonds is 3. The standard InChI is InChI=1S/C18H20N2O3/c21-13-18(15-5-2-1-3-6-15)8-4-10-20(12-18)17(23)14-7-9-19-16(22)11-14/h1-3,5-7,9,11,21H,4,8,10,12-13H2,(H,19,22). The van der Waals surface area contributed by atoms with E-state index in [4.69, 9.17) is 0 Å². The molecular formula is C18H20N2O3. The van der Waals surface area contributed by atoms with E-state index in [-0.39, 0.29) is 18.1 Å². The van der Waals surface area contributed by atoms with Gasteiger partial charge in [-0.05, 0) is 24.5 Å². The Bertz CT molecular complexity index is 741. The van der Waals surface area contributed by atoms with E-state index in [1.807, 2.05) is 30.3 Å². The average Bonchev–Trinajstić information content (AvgIpc) is 2.62. The number of piperidine rings is 1. The molecule has 120 valence electrons. The Morgan fingerprint density at radius 1 is 1.26 bits per heavy atom. The quantitative estimate of drug-likeness (QED) is 0.903. The molecule has 2 heterocycles. The van der Waals surface area contributed by atoms with Crippen LogP contribution in [-0.4, -0.2) is 40.6 Å². The summed E-state index contributed by atoms with van der Waals surface area (Å²) < 4.78 is 0. The van der Waals surface area contributed by atoms with Crippen LogP contribution in [0.2, 0.25) is 0 Å². The number of hydrogen-bond acceptors (Lipinski definition) is 3. The number of nitrogens with one attached hydrogen (secondary N) is 1. The molecule has 0 spiro atoms. The number of hydrogen-bond donors (Lipinski definition) is 2. The number of aliphatic hydroxyl groups excluding tert-OH is 1. The van der Waals surface area contributed by atoms with Gasteiger partial charge >= 0.3 is 0 Å². The van der Waals surface area contributed by atoms with E-state index in [1.165, 1.54) is 12.3 Å². The van der Waals surface area contributed by atoms with Crippen LogP contribution in [-0.2, 0) is 5.41 Å². The first-order chi connectivity index (χ1) is 11.1. The van der Waals surface area contributed by atoms with Crippen LogP contribution in [0, 0.1) is 0 Å². The Kier molecular flexibility index (Phi) is 4.30. The first-order valence-corrected chi connectivity index (χ1v) is 7.79. The van der Waals surface area contributed by atoms with Crippen molar-refractivity contribution in [3.63, 3.8) is 0 Å². The van der Waals surface area contributed by atoms with Gasteiger partial charge in [0.1, 0.15) is 0 Å². The van der Waals surface area contributed by atoms with E-state index in [0.717, 1.165) is 18.4 Å². The van der Waals surface area contributed by atoms with E-state index in [2.05, 4.69) is 4.98 Å². The number of aromatic nitrogens is 1. The highest BCUT2D eigenvalue weighted by molar-refractivity contribution is 5.94. The second-order valence-corrected chi connectivity index (χ2v) is 6.08. The zero-order chi connectivity index (χ0) is 16.3. The number of amides is 1. The van der Waals surface area contributed by atoms with Gasteiger partial charge in [-0.3, -0.25) is 9.59 Å². The number of carbonyl (C=O) groups is 1. The van der Waals surface area contributed by atoms with Crippen LogP contribution < -0.4 is 5.56 Å². The van der Waals surface area contributed by atoms with Gasteiger partial charge in [0.25, 0.3) is 5.91 Å². The molecule has 0 bridgehead atoms. The summed E-state index contributed by atoms with van der Waals surface area (Å²) in [5.74, 6) is -0.162. The second-order valence-electron chi connectivity index (χ2n) is 6.08. The molecule has 1 amide bonds. The van der Waals surface area contributed by atoms with E-state index >= 15 is 0 Å². The lowest BCUT2D eigenvalue weighted by Crippen LogP contribution is -2.50. The fourth-order valence-electron chi connectivity index (χ4n) is 3.31. The molecule has 1 aliphatic rings. The maximum absolute atomic E-state index is 12.7. The van der Waals surface area contributed by atoms with Crippen molar-refractivity contribution in [1.82, 2.24) is 9.88 Å². The molecule has 1 aromatic heterocycles. The summed E-state index contributed by atoms with van der Waals surface area (Å²) in [5.41, 5.74) is 0.710. The van der Waals surface area contributed by atoms with E-state index in [1.54, 1.807) is 11.0 Å². The topological polar surface area (TPSA) is 73.4 Å². The average molecular weight is 312 g/mol. The lowest BCUT2D eigenvalue weighted by molar-refractivity contribution is 0.0543. The molecule has 0 saturated carbocycles. The third kappa shape index (κ3) is 3.05. The first kappa shape index (κ1) is 15.5. The number of carbonyl (C=O) groups excluding carboxylic acids is 1. The van der Waals surface area contributed by atoms with Crippen molar-refractivity contribution in [3.05, 3.63) is 70.1 Å². The molecule has 1 aliphatic heterocycles. The Labute approximate surface area is 134 Å². The largest absolute Gasteiger partial charge is 0.395 e. The van der Waals surface area contributed by atoms with Crippen LogP contribution >= 0.6 is 0 Å². The van der Waals surface area contributed by atoms with Gasteiger partial charge in [-0.15, -0.1) is 0 Å². The fraction of sp³-hybridized carbons (Fsp3) is 0.333. The third-order valence-electron chi connectivity index (χ3n) is 4.57. The molecule has 1 atom stereocenters. The van der Waals surface area contributed by atoms with Crippen LogP contribution in [0.15, 0.2) is 53.5 Å². The van der Waals surface area contributed by atoms with Crippen molar-refractivity contribution >= 4 is 5.91 Å². The zero-order valence-electron chi connectivity index (χ0n) is 12.9. The number of benzene rings is 1. The van der Waals surface area contributed by atoms with E-state index < -0.39 is 5.41 Å². The maximum atomic E-state index is 12.7. The van der Waals surface area contributed by atoms with Gasteiger partial charge < -0.3 is 15.0 Å². The molecule has 1 aromatic carbocycles. The molecule has 2 N–H and O–H groups in total. The lowest BCUT2D eigenvalue weighted by atomic mass is 9.74. The number of aliphatic hydroxyl groups is 1. The van der Waals surface area contributed by atoms with Gasteiger partial charge in [0.2, 0.25) is 5.56 Å². The molecule has 0 aliphatic carbocycles.